The van der Waals surface area contributed by atoms with Gasteiger partial charge in [0, 0.05) is 25.7 Å². The van der Waals surface area contributed by atoms with E-state index in [9.17, 15) is 9.59 Å². The van der Waals surface area contributed by atoms with E-state index in [0.717, 1.165) is 31.0 Å². The Morgan fingerprint density at radius 1 is 1.30 bits per heavy atom. The lowest BCUT2D eigenvalue weighted by Gasteiger charge is -2.44. The standard InChI is InChI=1S/C16H20N4O2S/c21-14(19-7-6-18-5-2-1-3-12(18)9-19)10-20-11-17-15-13(16(20)22)4-8-23-15/h4,8,11-12H,1-3,5-7,9-10H2. The zero-order valence-corrected chi connectivity index (χ0v) is 13.8. The number of carbonyl (C=O) groups is 1. The van der Waals surface area contributed by atoms with Gasteiger partial charge < -0.3 is 4.90 Å². The molecule has 4 heterocycles. The minimum Gasteiger partial charge on any atom is -0.338 e. The quantitative estimate of drug-likeness (QED) is 0.828. The summed E-state index contributed by atoms with van der Waals surface area (Å²) in [4.78, 5) is 34.4. The molecular formula is C16H20N4O2S. The monoisotopic (exact) mass is 332 g/mol. The van der Waals surface area contributed by atoms with Crippen LogP contribution in [-0.2, 0) is 11.3 Å². The van der Waals surface area contributed by atoms with Crippen LogP contribution in [0.2, 0.25) is 0 Å². The summed E-state index contributed by atoms with van der Waals surface area (Å²) in [5.74, 6) is 0.0219. The minimum atomic E-state index is -0.124. The fraction of sp³-hybridized carbons (Fsp3) is 0.562. The second kappa shape index (κ2) is 6.05. The fourth-order valence-corrected chi connectivity index (χ4v) is 4.36. The zero-order chi connectivity index (χ0) is 15.8. The molecule has 23 heavy (non-hydrogen) atoms. The van der Waals surface area contributed by atoms with Crippen molar-refractivity contribution in [3.05, 3.63) is 28.1 Å². The largest absolute Gasteiger partial charge is 0.338 e. The number of hydrogen-bond acceptors (Lipinski definition) is 5. The van der Waals surface area contributed by atoms with Crippen LogP contribution in [0.15, 0.2) is 22.6 Å². The van der Waals surface area contributed by atoms with E-state index in [1.54, 1.807) is 6.07 Å². The number of hydrogen-bond donors (Lipinski definition) is 0. The van der Waals surface area contributed by atoms with Gasteiger partial charge in [0.1, 0.15) is 11.4 Å². The number of thiophene rings is 1. The first-order chi connectivity index (χ1) is 11.2. The lowest BCUT2D eigenvalue weighted by atomic mass is 9.99. The van der Waals surface area contributed by atoms with E-state index in [0.29, 0.717) is 11.4 Å². The van der Waals surface area contributed by atoms with Gasteiger partial charge in [0.2, 0.25) is 5.91 Å². The van der Waals surface area contributed by atoms with Crippen molar-refractivity contribution in [3.8, 4) is 0 Å². The molecule has 0 aliphatic carbocycles. The maximum Gasteiger partial charge on any atom is 0.262 e. The molecule has 0 radical (unpaired) electrons. The predicted octanol–water partition coefficient (Wildman–Crippen LogP) is 1.15. The Kier molecular flexibility index (Phi) is 3.90. The molecule has 7 heteroatoms. The summed E-state index contributed by atoms with van der Waals surface area (Å²) in [6.07, 6.45) is 5.19. The molecule has 0 saturated carbocycles. The first kappa shape index (κ1) is 14.8. The third-order valence-corrected chi connectivity index (χ3v) is 5.77. The average Bonchev–Trinajstić information content (AvgIpc) is 3.06. The Morgan fingerprint density at radius 2 is 2.22 bits per heavy atom. The molecule has 4 rings (SSSR count). The van der Waals surface area contributed by atoms with Crippen LogP contribution in [0, 0.1) is 0 Å². The molecule has 2 aromatic rings. The number of piperidine rings is 1. The van der Waals surface area contributed by atoms with Crippen molar-refractivity contribution in [2.45, 2.75) is 31.8 Å². The smallest absolute Gasteiger partial charge is 0.262 e. The third kappa shape index (κ3) is 2.79. The first-order valence-electron chi connectivity index (χ1n) is 8.17. The van der Waals surface area contributed by atoms with Crippen molar-refractivity contribution in [1.82, 2.24) is 19.4 Å². The molecule has 0 N–H and O–H groups in total. The fourth-order valence-electron chi connectivity index (χ4n) is 3.63. The van der Waals surface area contributed by atoms with Crippen LogP contribution < -0.4 is 5.56 Å². The Bertz CT molecular complexity index is 784. The molecule has 2 aliphatic heterocycles. The van der Waals surface area contributed by atoms with Crippen LogP contribution in [0.25, 0.3) is 10.2 Å². The molecule has 122 valence electrons. The van der Waals surface area contributed by atoms with Gasteiger partial charge in [-0.25, -0.2) is 4.98 Å². The zero-order valence-electron chi connectivity index (χ0n) is 13.0. The van der Waals surface area contributed by atoms with E-state index in [4.69, 9.17) is 0 Å². The summed E-state index contributed by atoms with van der Waals surface area (Å²) in [5, 5.41) is 2.45. The van der Waals surface area contributed by atoms with E-state index < -0.39 is 0 Å². The van der Waals surface area contributed by atoms with Crippen molar-refractivity contribution in [2.24, 2.45) is 0 Å². The number of aromatic nitrogens is 2. The van der Waals surface area contributed by atoms with E-state index >= 15 is 0 Å². The lowest BCUT2D eigenvalue weighted by molar-refractivity contribution is -0.135. The number of piperazine rings is 1. The molecule has 1 atom stereocenters. The van der Waals surface area contributed by atoms with E-state index in [2.05, 4.69) is 9.88 Å². The topological polar surface area (TPSA) is 58.4 Å². The Hall–Kier alpha value is -1.73. The predicted molar refractivity (Wildman–Crippen MR) is 89.7 cm³/mol. The molecule has 0 spiro atoms. The second-order valence-electron chi connectivity index (χ2n) is 6.34. The second-order valence-corrected chi connectivity index (χ2v) is 7.24. The number of nitrogens with zero attached hydrogens (tertiary/aromatic N) is 4. The number of rotatable bonds is 2. The van der Waals surface area contributed by atoms with Crippen LogP contribution in [0.1, 0.15) is 19.3 Å². The maximum atomic E-state index is 12.6. The SMILES string of the molecule is O=C(Cn1cnc2sccc2c1=O)N1CCN2CCCCC2C1. The lowest BCUT2D eigenvalue weighted by Crippen LogP contribution is -2.56. The van der Waals surface area contributed by atoms with Gasteiger partial charge in [0.25, 0.3) is 5.56 Å². The number of amides is 1. The van der Waals surface area contributed by atoms with Gasteiger partial charge in [-0.05, 0) is 30.8 Å². The summed E-state index contributed by atoms with van der Waals surface area (Å²) in [6, 6.07) is 2.27. The van der Waals surface area contributed by atoms with Crippen molar-refractivity contribution in [2.75, 3.05) is 26.2 Å². The maximum absolute atomic E-state index is 12.6. The van der Waals surface area contributed by atoms with Crippen LogP contribution in [0.4, 0.5) is 0 Å². The minimum absolute atomic E-state index is 0.0219. The highest BCUT2D eigenvalue weighted by molar-refractivity contribution is 7.16. The molecule has 2 aliphatic rings. The normalized spacial score (nSPS) is 22.3. The van der Waals surface area contributed by atoms with Crippen LogP contribution in [0.5, 0.6) is 0 Å². The molecular weight excluding hydrogens is 312 g/mol. The van der Waals surface area contributed by atoms with Gasteiger partial charge in [0.05, 0.1) is 11.7 Å². The average molecular weight is 332 g/mol. The number of fused-ring (bicyclic) bond motifs is 2. The van der Waals surface area contributed by atoms with Gasteiger partial charge in [-0.3, -0.25) is 19.1 Å². The van der Waals surface area contributed by atoms with Gasteiger partial charge in [-0.1, -0.05) is 6.42 Å². The first-order valence-corrected chi connectivity index (χ1v) is 9.05. The van der Waals surface area contributed by atoms with Crippen molar-refractivity contribution < 1.29 is 4.79 Å². The molecule has 2 aromatic heterocycles. The van der Waals surface area contributed by atoms with Crippen LogP contribution in [-0.4, -0.2) is 57.5 Å². The summed E-state index contributed by atoms with van der Waals surface area (Å²) in [7, 11) is 0. The van der Waals surface area contributed by atoms with Crippen molar-refractivity contribution >= 4 is 27.5 Å². The summed E-state index contributed by atoms with van der Waals surface area (Å²) in [5.41, 5.74) is -0.124. The summed E-state index contributed by atoms with van der Waals surface area (Å²) >= 11 is 1.44. The molecule has 2 saturated heterocycles. The van der Waals surface area contributed by atoms with Gasteiger partial charge in [0.15, 0.2) is 0 Å². The van der Waals surface area contributed by atoms with Crippen LogP contribution >= 0.6 is 11.3 Å². The summed E-state index contributed by atoms with van der Waals surface area (Å²) < 4.78 is 1.44. The summed E-state index contributed by atoms with van der Waals surface area (Å²) in [6.45, 7) is 3.75. The van der Waals surface area contributed by atoms with Gasteiger partial charge in [-0.2, -0.15) is 0 Å². The van der Waals surface area contributed by atoms with Crippen molar-refractivity contribution in [3.63, 3.8) is 0 Å². The van der Waals surface area contributed by atoms with Crippen molar-refractivity contribution in [1.29, 1.82) is 0 Å². The Balaban J connectivity index is 1.48. The molecule has 1 unspecified atom stereocenters. The van der Waals surface area contributed by atoms with E-state index in [1.807, 2.05) is 10.3 Å². The third-order valence-electron chi connectivity index (χ3n) is 4.95. The molecule has 0 bridgehead atoms. The molecule has 1 amide bonds. The molecule has 0 aromatic carbocycles. The van der Waals surface area contributed by atoms with Crippen LogP contribution in [0.3, 0.4) is 0 Å². The highest BCUT2D eigenvalue weighted by Crippen LogP contribution is 2.21. The molecule has 2 fully saturated rings. The van der Waals surface area contributed by atoms with E-state index in [1.165, 1.54) is 41.5 Å². The van der Waals surface area contributed by atoms with Gasteiger partial charge >= 0.3 is 0 Å². The number of carbonyl (C=O) groups excluding carboxylic acids is 1. The Labute approximate surface area is 138 Å². The Morgan fingerprint density at radius 3 is 3.13 bits per heavy atom. The van der Waals surface area contributed by atoms with Gasteiger partial charge in [-0.15, -0.1) is 11.3 Å². The molecule has 6 nitrogen and oxygen atoms in total. The highest BCUT2D eigenvalue weighted by Gasteiger charge is 2.31. The highest BCUT2D eigenvalue weighted by atomic mass is 32.1. The van der Waals surface area contributed by atoms with E-state index in [-0.39, 0.29) is 18.0 Å².